The number of quaternary nitrogens is 1. The maximum Gasteiger partial charge on any atom is 1.00 e. The van der Waals surface area contributed by atoms with Crippen molar-refractivity contribution < 1.29 is 62.0 Å². The molecule has 8 nitrogen and oxygen atoms in total. The molecule has 0 aliphatic carbocycles. The number of aliphatic hydroxyl groups excluding tert-OH is 2. The molecular weight excluding hydrogens is 431 g/mol. The van der Waals surface area contributed by atoms with Gasteiger partial charge in [0.25, 0.3) is 5.84 Å². The molecule has 2 N–H and O–H groups in total. The molecule has 1 aliphatic heterocycles. The predicted octanol–water partition coefficient (Wildman–Crippen LogP) is -1.23. The molecule has 0 amide bonds. The summed E-state index contributed by atoms with van der Waals surface area (Å²) in [6, 6.07) is 0. The molecule has 2 unspecified atom stereocenters. The van der Waals surface area contributed by atoms with Crippen molar-refractivity contribution in [3.05, 3.63) is 12.2 Å². The Morgan fingerprint density at radius 2 is 1.84 bits per heavy atom. The van der Waals surface area contributed by atoms with Crippen molar-refractivity contribution in [1.82, 2.24) is 0 Å². The van der Waals surface area contributed by atoms with Crippen LogP contribution in [0.2, 0.25) is 0 Å². The second-order valence-electron chi connectivity index (χ2n) is 8.07. The maximum absolute atomic E-state index is 12.7. The molecular formula is C21H38N2NaO6S+. The van der Waals surface area contributed by atoms with Crippen LogP contribution in [-0.4, -0.2) is 83.9 Å². The van der Waals surface area contributed by atoms with E-state index in [0.717, 1.165) is 12.8 Å². The first-order valence-electron chi connectivity index (χ1n) is 11.1. The number of nitrogens with zero attached hydrogens (tertiary/aromatic N) is 2. The molecule has 0 aromatic rings. The molecule has 10 heteroatoms. The van der Waals surface area contributed by atoms with Crippen molar-refractivity contribution in [2.24, 2.45) is 4.99 Å². The Morgan fingerprint density at radius 3 is 2.48 bits per heavy atom. The monoisotopic (exact) mass is 469 g/mol. The molecule has 0 fully saturated rings. The maximum atomic E-state index is 12.7. The van der Waals surface area contributed by atoms with Gasteiger partial charge in [0, 0.05) is 6.42 Å². The first-order chi connectivity index (χ1) is 14.2. The zero-order chi connectivity index (χ0) is 22.5. The zero-order valence-corrected chi connectivity index (χ0v) is 22.0. The fourth-order valence-corrected chi connectivity index (χ4v) is 4.51. The van der Waals surface area contributed by atoms with Crippen LogP contribution in [0.1, 0.15) is 64.7 Å². The van der Waals surface area contributed by atoms with Gasteiger partial charge in [-0.3, -0.25) is 9.28 Å². The van der Waals surface area contributed by atoms with Gasteiger partial charge in [-0.05, 0) is 19.3 Å². The van der Waals surface area contributed by atoms with Crippen molar-refractivity contribution in [2.45, 2.75) is 70.8 Å². The number of hydrogen-bond donors (Lipinski definition) is 2. The molecule has 0 aromatic heterocycles. The van der Waals surface area contributed by atoms with Crippen molar-refractivity contribution >= 4 is 21.7 Å². The summed E-state index contributed by atoms with van der Waals surface area (Å²) in [5, 5.41) is 19.5. The smallest absolute Gasteiger partial charge is 0.748 e. The Kier molecular flexibility index (Phi) is 16.4. The largest absolute Gasteiger partial charge is 1.00 e. The average molecular weight is 470 g/mol. The van der Waals surface area contributed by atoms with Crippen LogP contribution < -0.4 is 29.6 Å². The van der Waals surface area contributed by atoms with Crippen LogP contribution in [0, 0.1) is 0 Å². The van der Waals surface area contributed by atoms with Crippen LogP contribution in [0.15, 0.2) is 17.1 Å². The van der Waals surface area contributed by atoms with Crippen LogP contribution >= 0.6 is 0 Å². The fraction of sp³-hybridized carbons (Fsp3) is 0.810. The number of aliphatic hydroxyl groups is 2. The molecule has 0 spiro atoms. The molecule has 1 rings (SSSR count). The van der Waals surface area contributed by atoms with E-state index >= 15 is 0 Å². The number of amidine groups is 1. The van der Waals surface area contributed by atoms with Gasteiger partial charge in [0.2, 0.25) is 5.78 Å². The minimum atomic E-state index is -4.58. The van der Waals surface area contributed by atoms with E-state index in [9.17, 15) is 28.0 Å². The minimum absolute atomic E-state index is 0. The number of unbranched alkanes of at least 4 members (excludes halogenated alkanes) is 6. The normalized spacial score (nSPS) is 19.9. The third-order valence-electron chi connectivity index (χ3n) is 5.40. The van der Waals surface area contributed by atoms with Crippen molar-refractivity contribution in [3.63, 3.8) is 0 Å². The van der Waals surface area contributed by atoms with Crippen LogP contribution in [0.4, 0.5) is 0 Å². The third-order valence-corrected chi connectivity index (χ3v) is 6.20. The minimum Gasteiger partial charge on any atom is -0.748 e. The molecule has 0 saturated carbocycles. The number of aliphatic imine (C=N–C) groups is 1. The van der Waals surface area contributed by atoms with Gasteiger partial charge in [0.15, 0.2) is 0 Å². The Labute approximate surface area is 209 Å². The summed E-state index contributed by atoms with van der Waals surface area (Å²) >= 11 is 0. The van der Waals surface area contributed by atoms with Gasteiger partial charge in [-0.25, -0.2) is 13.4 Å². The molecule has 174 valence electrons. The third kappa shape index (κ3) is 12.6. The van der Waals surface area contributed by atoms with E-state index < -0.39 is 22.0 Å². The van der Waals surface area contributed by atoms with E-state index in [4.69, 9.17) is 0 Å². The predicted molar refractivity (Wildman–Crippen MR) is 116 cm³/mol. The number of Topliss-reactive ketones (excluding diaryl/α,β-unsaturated/α-hetero) is 1. The Morgan fingerprint density at radius 1 is 1.19 bits per heavy atom. The van der Waals surface area contributed by atoms with Crippen LogP contribution in [0.3, 0.4) is 0 Å². The van der Waals surface area contributed by atoms with Gasteiger partial charge in [0.1, 0.15) is 25.7 Å². The molecule has 0 bridgehead atoms. The first-order valence-corrected chi connectivity index (χ1v) is 12.6. The van der Waals surface area contributed by atoms with Gasteiger partial charge in [-0.1, -0.05) is 51.2 Å². The summed E-state index contributed by atoms with van der Waals surface area (Å²) in [6.45, 7) is 2.75. The molecule has 0 aromatic carbocycles. The standard InChI is InChI=1S/C21H38N2O6S.Na/c1-2-3-4-5-6-7-8-9-10-11-12-20(26)21-22-13-14-23(21,15-16-24)17-19(25)18-30(27,28)29;/h9-10,19,24-25H,2-8,11-18H2,1H3;/q;+1/b10-9+;. The average Bonchev–Trinajstić information content (AvgIpc) is 3.04. The van der Waals surface area contributed by atoms with Crippen LogP contribution in [-0.2, 0) is 14.9 Å². The zero-order valence-electron chi connectivity index (χ0n) is 19.2. The number of hydrogen-bond acceptors (Lipinski definition) is 7. The van der Waals surface area contributed by atoms with Gasteiger partial charge >= 0.3 is 29.6 Å². The summed E-state index contributed by atoms with van der Waals surface area (Å²) in [5.74, 6) is -0.820. The summed E-state index contributed by atoms with van der Waals surface area (Å²) in [6.07, 6.45) is 12.0. The van der Waals surface area contributed by atoms with E-state index in [1.165, 1.54) is 32.1 Å². The molecule has 0 saturated heterocycles. The number of rotatable bonds is 17. The Hall–Kier alpha value is -0.130. The Bertz CT molecular complexity index is 683. The summed E-state index contributed by atoms with van der Waals surface area (Å²) < 4.78 is 32.7. The van der Waals surface area contributed by atoms with E-state index in [-0.39, 0.29) is 71.8 Å². The molecule has 1 aliphatic rings. The Balaban J connectivity index is 0.00000900. The van der Waals surface area contributed by atoms with Gasteiger partial charge in [0.05, 0.1) is 29.0 Å². The molecule has 31 heavy (non-hydrogen) atoms. The number of carbonyl (C=O) groups is 1. The SMILES string of the molecule is CCCCCCCC/C=C/CCC(=O)C1=NCC[N+]1(CCO)CC(O)CS(=O)(=O)[O-].[Na+]. The van der Waals surface area contributed by atoms with Crippen LogP contribution in [0.25, 0.3) is 0 Å². The van der Waals surface area contributed by atoms with Gasteiger partial charge < -0.3 is 14.8 Å². The van der Waals surface area contributed by atoms with E-state index in [2.05, 4.69) is 18.0 Å². The number of carbonyl (C=O) groups excluding carboxylic acids is 1. The topological polar surface area (TPSA) is 127 Å². The van der Waals surface area contributed by atoms with E-state index in [1.807, 2.05) is 6.08 Å². The summed E-state index contributed by atoms with van der Waals surface area (Å²) in [4.78, 5) is 17.0. The quantitative estimate of drug-likeness (QED) is 0.0903. The fourth-order valence-electron chi connectivity index (χ4n) is 3.93. The van der Waals surface area contributed by atoms with Crippen LogP contribution in [0.5, 0.6) is 0 Å². The number of allylic oxidation sites excluding steroid dienone is 2. The van der Waals surface area contributed by atoms with E-state index in [1.54, 1.807) is 0 Å². The van der Waals surface area contributed by atoms with Crippen molar-refractivity contribution in [2.75, 3.05) is 38.5 Å². The summed E-state index contributed by atoms with van der Waals surface area (Å²) in [5.41, 5.74) is 0. The van der Waals surface area contributed by atoms with Gasteiger partial charge in [-0.15, -0.1) is 0 Å². The molecule has 1 heterocycles. The van der Waals surface area contributed by atoms with E-state index in [0.29, 0.717) is 19.5 Å². The number of ketones is 1. The van der Waals surface area contributed by atoms with Crippen molar-refractivity contribution in [3.8, 4) is 0 Å². The molecule has 2 atom stereocenters. The van der Waals surface area contributed by atoms with Gasteiger partial charge in [-0.2, -0.15) is 0 Å². The van der Waals surface area contributed by atoms with Crippen molar-refractivity contribution in [1.29, 1.82) is 0 Å². The second kappa shape index (κ2) is 16.5. The molecule has 0 radical (unpaired) electrons. The first kappa shape index (κ1) is 30.9. The summed E-state index contributed by atoms with van der Waals surface area (Å²) in [7, 11) is -4.58. The second-order valence-corrected chi connectivity index (χ2v) is 9.52.